The summed E-state index contributed by atoms with van der Waals surface area (Å²) in [5, 5.41) is 6.68. The first-order valence-electron chi connectivity index (χ1n) is 8.07. The van der Waals surface area contributed by atoms with Gasteiger partial charge >= 0.3 is 0 Å². The molecule has 0 saturated carbocycles. The van der Waals surface area contributed by atoms with Crippen LogP contribution in [0.1, 0.15) is 18.4 Å². The number of rotatable bonds is 9. The Morgan fingerprint density at radius 3 is 2.62 bits per heavy atom. The lowest BCUT2D eigenvalue weighted by Gasteiger charge is -2.09. The van der Waals surface area contributed by atoms with E-state index < -0.39 is 0 Å². The first kappa shape index (κ1) is 18.1. The molecule has 2 N–H and O–H groups in total. The van der Waals surface area contributed by atoms with Crippen LogP contribution in [0, 0.1) is 0 Å². The molecule has 5 heteroatoms. The standard InChI is InChI=1S/C19H23ClN2O2/c1-24-18-10-9-16(14-17(18)20)21-13-11-19(23)22-12-5-8-15-6-3-2-4-7-15/h2-4,6-7,9-10,14,21H,5,8,11-13H2,1H3,(H,22,23). The van der Waals surface area contributed by atoms with E-state index in [1.54, 1.807) is 19.2 Å². The molecule has 0 spiro atoms. The van der Waals surface area contributed by atoms with Gasteiger partial charge in [-0.25, -0.2) is 0 Å². The van der Waals surface area contributed by atoms with Gasteiger partial charge in [-0.05, 0) is 36.6 Å². The molecule has 1 amide bonds. The highest BCUT2D eigenvalue weighted by Gasteiger charge is 2.03. The van der Waals surface area contributed by atoms with Crippen LogP contribution in [0.5, 0.6) is 5.75 Å². The molecule has 128 valence electrons. The molecule has 0 bridgehead atoms. The number of carbonyl (C=O) groups is 1. The van der Waals surface area contributed by atoms with Gasteiger partial charge < -0.3 is 15.4 Å². The van der Waals surface area contributed by atoms with Gasteiger partial charge in [-0.3, -0.25) is 4.79 Å². The van der Waals surface area contributed by atoms with Gasteiger partial charge in [0.25, 0.3) is 0 Å². The Kier molecular flexibility index (Phi) is 7.43. The number of nitrogens with one attached hydrogen (secondary N) is 2. The predicted octanol–water partition coefficient (Wildman–Crippen LogP) is 3.90. The maximum atomic E-state index is 11.8. The van der Waals surface area contributed by atoms with E-state index in [1.807, 2.05) is 24.3 Å². The molecule has 0 unspecified atom stereocenters. The number of ether oxygens (including phenoxy) is 1. The van der Waals surface area contributed by atoms with E-state index in [0.717, 1.165) is 18.5 Å². The van der Waals surface area contributed by atoms with Gasteiger partial charge in [-0.1, -0.05) is 41.9 Å². The summed E-state index contributed by atoms with van der Waals surface area (Å²) in [4.78, 5) is 11.8. The molecule has 24 heavy (non-hydrogen) atoms. The Morgan fingerprint density at radius 2 is 1.92 bits per heavy atom. The second-order valence-electron chi connectivity index (χ2n) is 5.47. The van der Waals surface area contributed by atoms with Crippen LogP contribution in [0.15, 0.2) is 48.5 Å². The summed E-state index contributed by atoms with van der Waals surface area (Å²) in [5.41, 5.74) is 2.17. The minimum atomic E-state index is 0.0511. The first-order valence-corrected chi connectivity index (χ1v) is 8.45. The number of methoxy groups -OCH3 is 1. The summed E-state index contributed by atoms with van der Waals surface area (Å²) in [5.74, 6) is 0.688. The van der Waals surface area contributed by atoms with Crippen molar-refractivity contribution in [1.82, 2.24) is 5.32 Å². The van der Waals surface area contributed by atoms with Crippen LogP contribution >= 0.6 is 11.6 Å². The summed E-state index contributed by atoms with van der Waals surface area (Å²) in [6, 6.07) is 15.7. The zero-order valence-corrected chi connectivity index (χ0v) is 14.6. The molecule has 0 radical (unpaired) electrons. The van der Waals surface area contributed by atoms with Crippen LogP contribution < -0.4 is 15.4 Å². The van der Waals surface area contributed by atoms with Crippen molar-refractivity contribution in [1.29, 1.82) is 0 Å². The number of hydrogen-bond donors (Lipinski definition) is 2. The van der Waals surface area contributed by atoms with E-state index in [0.29, 0.717) is 30.3 Å². The predicted molar refractivity (Wildman–Crippen MR) is 98.9 cm³/mol. The van der Waals surface area contributed by atoms with Crippen molar-refractivity contribution in [2.75, 3.05) is 25.5 Å². The van der Waals surface area contributed by atoms with Gasteiger partial charge in [0.15, 0.2) is 0 Å². The van der Waals surface area contributed by atoms with Crippen molar-refractivity contribution in [3.8, 4) is 5.75 Å². The summed E-state index contributed by atoms with van der Waals surface area (Å²) < 4.78 is 5.11. The fourth-order valence-corrected chi connectivity index (χ4v) is 2.61. The molecule has 0 aliphatic carbocycles. The van der Waals surface area contributed by atoms with Crippen LogP contribution in [0.2, 0.25) is 5.02 Å². The lowest BCUT2D eigenvalue weighted by atomic mass is 10.1. The first-order chi connectivity index (χ1) is 11.7. The molecular formula is C19H23ClN2O2. The number of halogens is 1. The monoisotopic (exact) mass is 346 g/mol. The lowest BCUT2D eigenvalue weighted by molar-refractivity contribution is -0.120. The molecule has 0 aliphatic rings. The van der Waals surface area contributed by atoms with Gasteiger partial charge in [0.05, 0.1) is 12.1 Å². The average molecular weight is 347 g/mol. The van der Waals surface area contributed by atoms with E-state index in [4.69, 9.17) is 16.3 Å². The Morgan fingerprint density at radius 1 is 1.12 bits per heavy atom. The smallest absolute Gasteiger partial charge is 0.221 e. The summed E-state index contributed by atoms with van der Waals surface area (Å²) in [6.07, 6.45) is 2.34. The van der Waals surface area contributed by atoms with Gasteiger partial charge in [0.1, 0.15) is 5.75 Å². The van der Waals surface area contributed by atoms with Crippen molar-refractivity contribution in [2.24, 2.45) is 0 Å². The summed E-state index contributed by atoms with van der Waals surface area (Å²) in [7, 11) is 1.58. The van der Waals surface area contributed by atoms with Crippen LogP contribution in [0.3, 0.4) is 0 Å². The lowest BCUT2D eigenvalue weighted by Crippen LogP contribution is -2.26. The Labute approximate surface area is 148 Å². The second kappa shape index (κ2) is 9.83. The number of amides is 1. The summed E-state index contributed by atoms with van der Waals surface area (Å²) in [6.45, 7) is 1.26. The largest absolute Gasteiger partial charge is 0.495 e. The van der Waals surface area contributed by atoms with Gasteiger partial charge in [0.2, 0.25) is 5.91 Å². The Bertz CT molecular complexity index is 647. The topological polar surface area (TPSA) is 50.4 Å². The molecule has 0 heterocycles. The molecule has 2 aromatic rings. The molecular weight excluding hydrogens is 324 g/mol. The highest BCUT2D eigenvalue weighted by molar-refractivity contribution is 6.32. The number of carbonyl (C=O) groups excluding carboxylic acids is 1. The minimum Gasteiger partial charge on any atom is -0.495 e. The van der Waals surface area contributed by atoms with E-state index in [9.17, 15) is 4.79 Å². The van der Waals surface area contributed by atoms with Gasteiger partial charge in [0, 0.05) is 25.2 Å². The molecule has 0 aromatic heterocycles. The SMILES string of the molecule is COc1ccc(NCCC(=O)NCCCc2ccccc2)cc1Cl. The molecule has 4 nitrogen and oxygen atoms in total. The zero-order valence-electron chi connectivity index (χ0n) is 13.8. The van der Waals surface area contributed by atoms with E-state index in [-0.39, 0.29) is 5.91 Å². The van der Waals surface area contributed by atoms with E-state index >= 15 is 0 Å². The third-order valence-corrected chi connectivity index (χ3v) is 3.94. The third-order valence-electron chi connectivity index (χ3n) is 3.64. The number of aryl methyl sites for hydroxylation is 1. The molecule has 0 aliphatic heterocycles. The Hall–Kier alpha value is -2.20. The van der Waals surface area contributed by atoms with E-state index in [1.165, 1.54) is 5.56 Å². The quantitative estimate of drug-likeness (QED) is 0.677. The molecule has 2 aromatic carbocycles. The van der Waals surface area contributed by atoms with Crippen molar-refractivity contribution in [3.05, 3.63) is 59.1 Å². The number of anilines is 1. The van der Waals surface area contributed by atoms with Crippen molar-refractivity contribution in [3.63, 3.8) is 0 Å². The number of benzene rings is 2. The Balaban J connectivity index is 1.60. The van der Waals surface area contributed by atoms with Crippen molar-refractivity contribution >= 4 is 23.2 Å². The van der Waals surface area contributed by atoms with Gasteiger partial charge in [-0.2, -0.15) is 0 Å². The number of hydrogen-bond acceptors (Lipinski definition) is 3. The normalized spacial score (nSPS) is 10.2. The maximum absolute atomic E-state index is 11.8. The third kappa shape index (κ3) is 6.13. The van der Waals surface area contributed by atoms with Crippen LogP contribution in [-0.2, 0) is 11.2 Å². The minimum absolute atomic E-state index is 0.0511. The molecule has 2 rings (SSSR count). The average Bonchev–Trinajstić information content (AvgIpc) is 2.60. The highest BCUT2D eigenvalue weighted by atomic mass is 35.5. The maximum Gasteiger partial charge on any atom is 0.221 e. The molecule has 0 atom stereocenters. The summed E-state index contributed by atoms with van der Waals surface area (Å²) >= 11 is 6.06. The fourth-order valence-electron chi connectivity index (χ4n) is 2.35. The van der Waals surface area contributed by atoms with Crippen LogP contribution in [0.25, 0.3) is 0 Å². The molecule has 0 fully saturated rings. The van der Waals surface area contributed by atoms with Crippen molar-refractivity contribution in [2.45, 2.75) is 19.3 Å². The molecule has 0 saturated heterocycles. The highest BCUT2D eigenvalue weighted by Crippen LogP contribution is 2.27. The van der Waals surface area contributed by atoms with E-state index in [2.05, 4.69) is 22.8 Å². The van der Waals surface area contributed by atoms with Gasteiger partial charge in [-0.15, -0.1) is 0 Å². The van der Waals surface area contributed by atoms with Crippen LogP contribution in [-0.4, -0.2) is 26.1 Å². The van der Waals surface area contributed by atoms with Crippen molar-refractivity contribution < 1.29 is 9.53 Å². The zero-order chi connectivity index (χ0) is 17.2. The second-order valence-corrected chi connectivity index (χ2v) is 5.87. The fraction of sp³-hybridized carbons (Fsp3) is 0.316. The van der Waals surface area contributed by atoms with Crippen LogP contribution in [0.4, 0.5) is 5.69 Å².